The molecule has 0 heterocycles. The van der Waals surface area contributed by atoms with E-state index in [1.165, 1.54) is 12.1 Å². The van der Waals surface area contributed by atoms with E-state index in [1.807, 2.05) is 12.1 Å². The normalized spacial score (nSPS) is 12.5. The minimum absolute atomic E-state index is 0.519. The molecule has 0 radical (unpaired) electrons. The van der Waals surface area contributed by atoms with Gasteiger partial charge in [0.05, 0.1) is 6.61 Å². The topological polar surface area (TPSA) is 24.5 Å². The van der Waals surface area contributed by atoms with Gasteiger partial charge in [0.25, 0.3) is 0 Å². The van der Waals surface area contributed by atoms with Gasteiger partial charge in [-0.25, -0.2) is 0 Å². The second-order valence-electron chi connectivity index (χ2n) is 5.98. The molecule has 0 spiro atoms. The summed E-state index contributed by atoms with van der Waals surface area (Å²) >= 11 is 1.70. The molecule has 0 bridgehead atoms. The zero-order chi connectivity index (χ0) is 15.7. The number of nitrogens with one attached hydrogen (secondary N) is 1. The smallest absolute Gasteiger partial charge is 0.119 e. The van der Waals surface area contributed by atoms with E-state index in [-0.39, 0.29) is 0 Å². The van der Waals surface area contributed by atoms with E-state index in [0.717, 1.165) is 31.4 Å². The first-order chi connectivity index (χ1) is 10.0. The van der Waals surface area contributed by atoms with Crippen molar-refractivity contribution in [2.75, 3.05) is 37.3 Å². The van der Waals surface area contributed by atoms with Crippen LogP contribution in [0.3, 0.4) is 0 Å². The number of hydrogen-bond acceptors (Lipinski definition) is 4. The molecule has 0 aliphatic carbocycles. The quantitative estimate of drug-likeness (QED) is 0.520. The fourth-order valence-electron chi connectivity index (χ4n) is 1.89. The highest BCUT2D eigenvalue weighted by Crippen LogP contribution is 2.22. The van der Waals surface area contributed by atoms with Crippen LogP contribution in [0.1, 0.15) is 27.2 Å². The van der Waals surface area contributed by atoms with Gasteiger partial charge < -0.3 is 14.4 Å². The number of rotatable bonds is 10. The maximum absolute atomic E-state index is 5.85. The first kappa shape index (κ1) is 18.2. The third-order valence-electron chi connectivity index (χ3n) is 3.40. The molecule has 0 fully saturated rings. The summed E-state index contributed by atoms with van der Waals surface area (Å²) in [7, 11) is 2.06. The molecular formula is C17H30N2OS. The molecule has 1 aromatic rings. The summed E-state index contributed by atoms with van der Waals surface area (Å²) in [5.41, 5.74) is 1.19. The molecule has 0 aromatic heterocycles. The van der Waals surface area contributed by atoms with E-state index < -0.39 is 0 Å². The standard InChI is InChI=1S/C17H30N2OS/c1-14(2)10-11-18-12-15(3)13-20-17-8-6-16(7-9-17)19(4)21-5/h6-9,14-15,18H,10-13H2,1-5H3. The molecule has 1 unspecified atom stereocenters. The number of ether oxygens (including phenoxy) is 1. The van der Waals surface area contributed by atoms with Crippen LogP contribution in [0.2, 0.25) is 0 Å². The minimum atomic E-state index is 0.519. The third-order valence-corrected chi connectivity index (χ3v) is 4.16. The van der Waals surface area contributed by atoms with Crippen molar-refractivity contribution in [3.8, 4) is 5.75 Å². The number of nitrogens with zero attached hydrogens (tertiary/aromatic N) is 1. The first-order valence-electron chi connectivity index (χ1n) is 7.74. The van der Waals surface area contributed by atoms with Gasteiger partial charge in [0.2, 0.25) is 0 Å². The molecule has 4 heteroatoms. The van der Waals surface area contributed by atoms with E-state index in [9.17, 15) is 0 Å². The Morgan fingerprint density at radius 2 is 1.86 bits per heavy atom. The lowest BCUT2D eigenvalue weighted by Gasteiger charge is -2.17. The molecule has 1 N–H and O–H groups in total. The van der Waals surface area contributed by atoms with Crippen molar-refractivity contribution in [1.82, 2.24) is 5.32 Å². The Morgan fingerprint density at radius 3 is 2.43 bits per heavy atom. The molecule has 21 heavy (non-hydrogen) atoms. The lowest BCUT2D eigenvalue weighted by atomic mass is 10.1. The van der Waals surface area contributed by atoms with Crippen LogP contribution in [-0.2, 0) is 0 Å². The monoisotopic (exact) mass is 310 g/mol. The van der Waals surface area contributed by atoms with Crippen LogP contribution in [0.5, 0.6) is 5.75 Å². The minimum Gasteiger partial charge on any atom is -0.493 e. The Labute approximate surface area is 134 Å². The second-order valence-corrected chi connectivity index (χ2v) is 6.89. The summed E-state index contributed by atoms with van der Waals surface area (Å²) < 4.78 is 7.98. The highest BCUT2D eigenvalue weighted by Gasteiger charge is 2.04. The zero-order valence-electron chi connectivity index (χ0n) is 14.1. The van der Waals surface area contributed by atoms with Crippen LogP contribution < -0.4 is 14.4 Å². The van der Waals surface area contributed by atoms with Crippen molar-refractivity contribution in [2.45, 2.75) is 27.2 Å². The van der Waals surface area contributed by atoms with E-state index >= 15 is 0 Å². The Morgan fingerprint density at radius 1 is 1.19 bits per heavy atom. The summed E-state index contributed by atoms with van der Waals surface area (Å²) in [5.74, 6) is 2.23. The Kier molecular flexibility index (Phi) is 8.62. The van der Waals surface area contributed by atoms with Crippen molar-refractivity contribution in [3.63, 3.8) is 0 Å². The van der Waals surface area contributed by atoms with Crippen LogP contribution in [0.15, 0.2) is 24.3 Å². The van der Waals surface area contributed by atoms with Crippen molar-refractivity contribution < 1.29 is 4.74 Å². The van der Waals surface area contributed by atoms with Gasteiger partial charge in [0, 0.05) is 31.5 Å². The van der Waals surface area contributed by atoms with Crippen molar-refractivity contribution >= 4 is 17.6 Å². The SMILES string of the molecule is CSN(C)c1ccc(OCC(C)CNCCC(C)C)cc1. The second kappa shape index (κ2) is 9.96. The van der Waals surface area contributed by atoms with Gasteiger partial charge in [0.15, 0.2) is 0 Å². The number of hydrogen-bond donors (Lipinski definition) is 1. The Balaban J connectivity index is 2.24. The molecule has 1 atom stereocenters. The molecule has 120 valence electrons. The number of anilines is 1. The van der Waals surface area contributed by atoms with E-state index in [2.05, 4.69) is 55.8 Å². The molecule has 0 amide bonds. The molecule has 0 saturated carbocycles. The molecule has 0 saturated heterocycles. The fourth-order valence-corrected chi connectivity index (χ4v) is 2.23. The Hall–Kier alpha value is -0.870. The van der Waals surface area contributed by atoms with Gasteiger partial charge >= 0.3 is 0 Å². The summed E-state index contributed by atoms with van der Waals surface area (Å²) in [5, 5.41) is 3.49. The Bertz CT molecular complexity index is 381. The van der Waals surface area contributed by atoms with Crippen molar-refractivity contribution in [3.05, 3.63) is 24.3 Å². The maximum atomic E-state index is 5.85. The first-order valence-corrected chi connectivity index (χ1v) is 8.92. The zero-order valence-corrected chi connectivity index (χ0v) is 14.9. The summed E-state index contributed by atoms with van der Waals surface area (Å²) in [6, 6.07) is 8.27. The predicted octanol–water partition coefficient (Wildman–Crippen LogP) is 4.05. The summed E-state index contributed by atoms with van der Waals surface area (Å²) in [6.45, 7) is 9.60. The maximum Gasteiger partial charge on any atom is 0.119 e. The average molecular weight is 311 g/mol. The van der Waals surface area contributed by atoms with E-state index in [4.69, 9.17) is 4.74 Å². The van der Waals surface area contributed by atoms with Gasteiger partial charge in [-0.1, -0.05) is 32.7 Å². The largest absolute Gasteiger partial charge is 0.493 e. The summed E-state index contributed by atoms with van der Waals surface area (Å²) in [4.78, 5) is 0. The van der Waals surface area contributed by atoms with E-state index in [1.54, 1.807) is 11.9 Å². The highest BCUT2D eigenvalue weighted by atomic mass is 32.2. The molecule has 0 aliphatic heterocycles. The van der Waals surface area contributed by atoms with Crippen LogP contribution in [0.25, 0.3) is 0 Å². The van der Waals surface area contributed by atoms with E-state index in [0.29, 0.717) is 5.92 Å². The van der Waals surface area contributed by atoms with Crippen LogP contribution in [-0.4, -0.2) is 33.0 Å². The highest BCUT2D eigenvalue weighted by molar-refractivity contribution is 7.99. The van der Waals surface area contributed by atoms with Crippen LogP contribution in [0, 0.1) is 11.8 Å². The van der Waals surface area contributed by atoms with Gasteiger partial charge in [-0.15, -0.1) is 0 Å². The third kappa shape index (κ3) is 7.63. The predicted molar refractivity (Wildman–Crippen MR) is 95.3 cm³/mol. The lowest BCUT2D eigenvalue weighted by molar-refractivity contribution is 0.255. The average Bonchev–Trinajstić information content (AvgIpc) is 2.49. The molecule has 1 aromatic carbocycles. The van der Waals surface area contributed by atoms with Gasteiger partial charge in [-0.3, -0.25) is 0 Å². The van der Waals surface area contributed by atoms with Crippen LogP contribution in [0.4, 0.5) is 5.69 Å². The number of benzene rings is 1. The molecule has 0 aliphatic rings. The molecule has 1 rings (SSSR count). The van der Waals surface area contributed by atoms with Gasteiger partial charge in [-0.05, 0) is 43.1 Å². The fraction of sp³-hybridized carbons (Fsp3) is 0.647. The molecule has 3 nitrogen and oxygen atoms in total. The van der Waals surface area contributed by atoms with Crippen LogP contribution >= 0.6 is 11.9 Å². The van der Waals surface area contributed by atoms with Gasteiger partial charge in [-0.2, -0.15) is 0 Å². The van der Waals surface area contributed by atoms with Gasteiger partial charge in [0.1, 0.15) is 5.75 Å². The summed E-state index contributed by atoms with van der Waals surface area (Å²) in [6.07, 6.45) is 3.30. The molecular weight excluding hydrogens is 280 g/mol. The van der Waals surface area contributed by atoms with Crippen molar-refractivity contribution in [2.24, 2.45) is 11.8 Å². The van der Waals surface area contributed by atoms with Crippen molar-refractivity contribution in [1.29, 1.82) is 0 Å². The lowest BCUT2D eigenvalue weighted by Crippen LogP contribution is -2.26.